The van der Waals surface area contributed by atoms with Crippen LogP contribution < -0.4 is 5.32 Å². The van der Waals surface area contributed by atoms with Crippen molar-refractivity contribution in [2.75, 3.05) is 5.32 Å². The number of carbonyl (C=O) groups excluding carboxylic acids is 1. The average molecular weight is 422 g/mol. The highest BCUT2D eigenvalue weighted by Gasteiger charge is 2.14. The lowest BCUT2D eigenvalue weighted by atomic mass is 10.1. The monoisotopic (exact) mass is 422 g/mol. The fraction of sp³-hybridized carbons (Fsp3) is 0.0500. The Bertz CT molecular complexity index is 1200. The van der Waals surface area contributed by atoms with Crippen LogP contribution in [-0.2, 0) is 5.75 Å². The first kappa shape index (κ1) is 19.0. The highest BCUT2D eigenvalue weighted by atomic mass is 32.2. The maximum Gasteiger partial charge on any atom is 0.270 e. The summed E-state index contributed by atoms with van der Waals surface area (Å²) in [7, 11) is 0. The molecular formula is C20H14N4O3S2. The van der Waals surface area contributed by atoms with Crippen LogP contribution in [0.5, 0.6) is 0 Å². The summed E-state index contributed by atoms with van der Waals surface area (Å²) in [5.41, 5.74) is 1.26. The highest BCUT2D eigenvalue weighted by Crippen LogP contribution is 2.31. The van der Waals surface area contributed by atoms with Crippen molar-refractivity contribution in [2.45, 2.75) is 10.1 Å². The van der Waals surface area contributed by atoms with Crippen molar-refractivity contribution in [1.82, 2.24) is 10.2 Å². The summed E-state index contributed by atoms with van der Waals surface area (Å²) in [6.45, 7) is 0. The van der Waals surface area contributed by atoms with Crippen molar-refractivity contribution >= 4 is 50.6 Å². The summed E-state index contributed by atoms with van der Waals surface area (Å²) in [5, 5.41) is 24.3. The number of amides is 1. The number of aromatic nitrogens is 2. The molecule has 0 bridgehead atoms. The molecule has 0 radical (unpaired) electrons. The quantitative estimate of drug-likeness (QED) is 0.200. The number of hydrogen-bond acceptors (Lipinski definition) is 7. The Labute approximate surface area is 173 Å². The van der Waals surface area contributed by atoms with E-state index in [2.05, 4.69) is 39.8 Å². The fourth-order valence-corrected chi connectivity index (χ4v) is 4.56. The van der Waals surface area contributed by atoms with E-state index in [0.717, 1.165) is 10.1 Å². The van der Waals surface area contributed by atoms with E-state index in [1.807, 2.05) is 18.2 Å². The van der Waals surface area contributed by atoms with Gasteiger partial charge in [-0.05, 0) is 22.4 Å². The molecule has 0 aliphatic heterocycles. The molecule has 1 N–H and O–H groups in total. The predicted octanol–water partition coefficient (Wildman–Crippen LogP) is 5.14. The molecule has 0 saturated heterocycles. The molecular weight excluding hydrogens is 408 g/mol. The van der Waals surface area contributed by atoms with Crippen molar-refractivity contribution < 1.29 is 9.72 Å². The molecule has 4 rings (SSSR count). The number of carbonyl (C=O) groups is 1. The molecule has 144 valence electrons. The van der Waals surface area contributed by atoms with Crippen LogP contribution in [0.1, 0.15) is 15.9 Å². The second-order valence-electron chi connectivity index (χ2n) is 6.06. The SMILES string of the molecule is O=C(Nc1nnc(SCc2cccc3ccccc23)s1)c1cccc([N+](=O)[O-])c1. The molecule has 1 heterocycles. The van der Waals surface area contributed by atoms with Crippen LogP contribution in [0, 0.1) is 10.1 Å². The lowest BCUT2D eigenvalue weighted by Crippen LogP contribution is -2.11. The first-order valence-corrected chi connectivity index (χ1v) is 10.4. The number of benzene rings is 3. The number of hydrogen-bond donors (Lipinski definition) is 1. The minimum atomic E-state index is -0.538. The van der Waals surface area contributed by atoms with Gasteiger partial charge in [0.15, 0.2) is 4.34 Å². The Morgan fingerprint density at radius 1 is 1.07 bits per heavy atom. The summed E-state index contributed by atoms with van der Waals surface area (Å²) in [5.74, 6) is 0.268. The maximum atomic E-state index is 12.3. The standard InChI is InChI=1S/C20H14N4O3S2/c25-18(14-7-4-9-16(11-14)24(26)27)21-19-22-23-20(29-19)28-12-15-8-3-6-13-5-1-2-10-17(13)15/h1-11H,12H2,(H,21,22,25). The summed E-state index contributed by atoms with van der Waals surface area (Å²) in [6, 6.07) is 19.9. The first-order chi connectivity index (χ1) is 14.1. The van der Waals surface area contributed by atoms with Crippen molar-refractivity contribution in [2.24, 2.45) is 0 Å². The fourth-order valence-electron chi connectivity index (χ4n) is 2.81. The lowest BCUT2D eigenvalue weighted by Gasteiger charge is -2.04. The van der Waals surface area contributed by atoms with Crippen molar-refractivity contribution in [3.63, 3.8) is 0 Å². The van der Waals surface area contributed by atoms with E-state index in [1.54, 1.807) is 11.8 Å². The minimum absolute atomic E-state index is 0.138. The van der Waals surface area contributed by atoms with E-state index in [4.69, 9.17) is 0 Å². The predicted molar refractivity (Wildman–Crippen MR) is 114 cm³/mol. The number of fused-ring (bicyclic) bond motifs is 1. The van der Waals surface area contributed by atoms with Crippen LogP contribution in [0.3, 0.4) is 0 Å². The Morgan fingerprint density at radius 3 is 2.72 bits per heavy atom. The number of nitrogens with one attached hydrogen (secondary N) is 1. The van der Waals surface area contributed by atoms with Crippen molar-refractivity contribution in [1.29, 1.82) is 0 Å². The van der Waals surface area contributed by atoms with Gasteiger partial charge >= 0.3 is 0 Å². The Balaban J connectivity index is 1.43. The molecule has 0 fully saturated rings. The molecule has 3 aromatic carbocycles. The van der Waals surface area contributed by atoms with Crippen LogP contribution >= 0.6 is 23.1 Å². The zero-order valence-electron chi connectivity index (χ0n) is 14.9. The summed E-state index contributed by atoms with van der Waals surface area (Å²) in [4.78, 5) is 22.6. The van der Waals surface area contributed by atoms with Gasteiger partial charge < -0.3 is 0 Å². The third kappa shape index (κ3) is 4.41. The Hall–Kier alpha value is -3.30. The van der Waals surface area contributed by atoms with Crippen molar-refractivity contribution in [3.8, 4) is 0 Å². The zero-order chi connectivity index (χ0) is 20.2. The third-order valence-electron chi connectivity index (χ3n) is 4.18. The van der Waals surface area contributed by atoms with E-state index in [1.165, 1.54) is 51.9 Å². The number of anilines is 1. The van der Waals surface area contributed by atoms with Gasteiger partial charge in [0.25, 0.3) is 11.6 Å². The van der Waals surface area contributed by atoms with E-state index in [-0.39, 0.29) is 11.3 Å². The topological polar surface area (TPSA) is 98.0 Å². The molecule has 4 aromatic rings. The van der Waals surface area contributed by atoms with Gasteiger partial charge in [0.1, 0.15) is 0 Å². The Kier molecular flexibility index (Phi) is 5.50. The molecule has 0 spiro atoms. The van der Waals surface area contributed by atoms with Gasteiger partial charge in [-0.2, -0.15) is 0 Å². The van der Waals surface area contributed by atoms with E-state index >= 15 is 0 Å². The number of thioether (sulfide) groups is 1. The molecule has 1 amide bonds. The highest BCUT2D eigenvalue weighted by molar-refractivity contribution is 8.00. The van der Waals surface area contributed by atoms with Crippen LogP contribution in [0.25, 0.3) is 10.8 Å². The summed E-state index contributed by atoms with van der Waals surface area (Å²) >= 11 is 2.81. The van der Waals surface area contributed by atoms with E-state index < -0.39 is 10.8 Å². The second kappa shape index (κ2) is 8.38. The van der Waals surface area contributed by atoms with Gasteiger partial charge in [-0.15, -0.1) is 10.2 Å². The number of nitro benzene ring substituents is 1. The normalized spacial score (nSPS) is 10.8. The maximum absolute atomic E-state index is 12.3. The van der Waals surface area contributed by atoms with Gasteiger partial charge in [-0.25, -0.2) is 0 Å². The average Bonchev–Trinajstić information content (AvgIpc) is 3.19. The molecule has 0 unspecified atom stereocenters. The van der Waals surface area contributed by atoms with Gasteiger partial charge in [-0.1, -0.05) is 71.6 Å². The zero-order valence-corrected chi connectivity index (χ0v) is 16.6. The number of rotatable bonds is 6. The second-order valence-corrected chi connectivity index (χ2v) is 8.26. The van der Waals surface area contributed by atoms with Crippen LogP contribution in [0.4, 0.5) is 10.8 Å². The van der Waals surface area contributed by atoms with Gasteiger partial charge in [0.2, 0.25) is 5.13 Å². The summed E-state index contributed by atoms with van der Waals surface area (Å²) in [6.07, 6.45) is 0. The molecule has 1 aromatic heterocycles. The van der Waals surface area contributed by atoms with Gasteiger partial charge in [0, 0.05) is 23.4 Å². The smallest absolute Gasteiger partial charge is 0.270 e. The number of nitro groups is 1. The molecule has 7 nitrogen and oxygen atoms in total. The lowest BCUT2D eigenvalue weighted by molar-refractivity contribution is -0.384. The molecule has 0 saturated carbocycles. The largest absolute Gasteiger partial charge is 0.296 e. The number of nitrogens with zero attached hydrogens (tertiary/aromatic N) is 3. The minimum Gasteiger partial charge on any atom is -0.296 e. The van der Waals surface area contributed by atoms with E-state index in [0.29, 0.717) is 5.13 Å². The molecule has 0 aliphatic rings. The van der Waals surface area contributed by atoms with Gasteiger partial charge in [0.05, 0.1) is 4.92 Å². The molecule has 9 heteroatoms. The van der Waals surface area contributed by atoms with Crippen molar-refractivity contribution in [3.05, 3.63) is 88.0 Å². The molecule has 0 aliphatic carbocycles. The number of non-ortho nitro benzene ring substituents is 1. The molecule has 0 atom stereocenters. The van der Waals surface area contributed by atoms with E-state index in [9.17, 15) is 14.9 Å². The molecule has 29 heavy (non-hydrogen) atoms. The van der Waals surface area contributed by atoms with Crippen LogP contribution in [0.2, 0.25) is 0 Å². The first-order valence-electron chi connectivity index (χ1n) is 8.59. The van der Waals surface area contributed by atoms with Crippen LogP contribution in [-0.4, -0.2) is 21.0 Å². The Morgan fingerprint density at radius 2 is 1.86 bits per heavy atom. The van der Waals surface area contributed by atoms with Crippen LogP contribution in [0.15, 0.2) is 71.1 Å². The van der Waals surface area contributed by atoms with Gasteiger partial charge in [-0.3, -0.25) is 20.2 Å². The third-order valence-corrected chi connectivity index (χ3v) is 6.20. The summed E-state index contributed by atoms with van der Waals surface area (Å²) < 4.78 is 0.729.